The summed E-state index contributed by atoms with van der Waals surface area (Å²) in [6.07, 6.45) is 2.82. The van der Waals surface area contributed by atoms with Crippen LogP contribution in [0.2, 0.25) is 0 Å². The predicted octanol–water partition coefficient (Wildman–Crippen LogP) is 3.37. The molecule has 0 bridgehead atoms. The smallest absolute Gasteiger partial charge is 0.308 e. The minimum Gasteiger partial charge on any atom is -0.426 e. The topological polar surface area (TPSA) is 46.6 Å². The second-order valence-corrected chi connectivity index (χ2v) is 5.95. The molecule has 4 nitrogen and oxygen atoms in total. The number of ether oxygens (including phenoxy) is 1. The lowest BCUT2D eigenvalue weighted by atomic mass is 9.94. The van der Waals surface area contributed by atoms with Crippen molar-refractivity contribution < 1.29 is 14.3 Å². The van der Waals surface area contributed by atoms with E-state index >= 15 is 0 Å². The number of carbonyl (C=O) groups is 2. The molecule has 118 valence electrons. The molecule has 1 heterocycles. The fourth-order valence-corrected chi connectivity index (χ4v) is 2.60. The van der Waals surface area contributed by atoms with Gasteiger partial charge in [-0.15, -0.1) is 0 Å². The van der Waals surface area contributed by atoms with Gasteiger partial charge in [-0.05, 0) is 29.5 Å². The number of carbonyl (C=O) groups excluding carboxylic acids is 2. The number of esters is 1. The molecule has 22 heavy (non-hydrogen) atoms. The van der Waals surface area contributed by atoms with E-state index in [0.29, 0.717) is 24.8 Å². The number of nitrogens with zero attached hydrogens (tertiary/aromatic N) is 1. The Morgan fingerprint density at radius 1 is 1.23 bits per heavy atom. The zero-order valence-corrected chi connectivity index (χ0v) is 13.7. The standard InChI is InChI=1S/C18H23NO3/c1-12(2)16-5-6-17(18(11-16)22-14(4)21)15-7-9-19(10-8-15)13(3)20/h5-7,11-12H,8-10H2,1-4H3. The van der Waals surface area contributed by atoms with Crippen molar-refractivity contribution in [3.8, 4) is 5.75 Å². The van der Waals surface area contributed by atoms with Crippen LogP contribution in [-0.4, -0.2) is 29.9 Å². The molecule has 0 aromatic heterocycles. The molecule has 1 amide bonds. The van der Waals surface area contributed by atoms with Crippen molar-refractivity contribution in [2.75, 3.05) is 13.1 Å². The fraction of sp³-hybridized carbons (Fsp3) is 0.444. The minimum atomic E-state index is -0.316. The Kier molecular flexibility index (Phi) is 5.01. The molecule has 1 aliphatic heterocycles. The predicted molar refractivity (Wildman–Crippen MR) is 86.7 cm³/mol. The van der Waals surface area contributed by atoms with Gasteiger partial charge < -0.3 is 9.64 Å². The molecule has 0 radical (unpaired) electrons. The van der Waals surface area contributed by atoms with Crippen molar-refractivity contribution in [3.63, 3.8) is 0 Å². The summed E-state index contributed by atoms with van der Waals surface area (Å²) < 4.78 is 5.40. The lowest BCUT2D eigenvalue weighted by Crippen LogP contribution is -2.32. The van der Waals surface area contributed by atoms with Crippen molar-refractivity contribution in [3.05, 3.63) is 35.4 Å². The van der Waals surface area contributed by atoms with Crippen LogP contribution in [0.25, 0.3) is 5.57 Å². The van der Waals surface area contributed by atoms with Crippen molar-refractivity contribution in [2.45, 2.75) is 40.0 Å². The number of hydrogen-bond acceptors (Lipinski definition) is 3. The van der Waals surface area contributed by atoms with Gasteiger partial charge in [0, 0.05) is 32.5 Å². The highest BCUT2D eigenvalue weighted by Crippen LogP contribution is 2.33. The molecule has 0 N–H and O–H groups in total. The third-order valence-corrected chi connectivity index (χ3v) is 3.93. The van der Waals surface area contributed by atoms with E-state index in [9.17, 15) is 9.59 Å². The summed E-state index contributed by atoms with van der Waals surface area (Å²) in [5, 5.41) is 0. The first-order valence-electron chi connectivity index (χ1n) is 7.65. The van der Waals surface area contributed by atoms with Gasteiger partial charge in [0.2, 0.25) is 5.91 Å². The quantitative estimate of drug-likeness (QED) is 0.635. The van der Waals surface area contributed by atoms with Gasteiger partial charge in [0.1, 0.15) is 5.75 Å². The average molecular weight is 301 g/mol. The SMILES string of the molecule is CC(=O)Oc1cc(C(C)C)ccc1C1=CCN(C(C)=O)CC1. The maximum atomic E-state index is 11.4. The van der Waals surface area contributed by atoms with Crippen molar-refractivity contribution in [1.29, 1.82) is 0 Å². The molecule has 0 fully saturated rings. The Bertz CT molecular complexity index is 617. The summed E-state index contributed by atoms with van der Waals surface area (Å²) in [5.74, 6) is 0.757. The van der Waals surface area contributed by atoms with E-state index in [-0.39, 0.29) is 11.9 Å². The van der Waals surface area contributed by atoms with Gasteiger partial charge in [-0.25, -0.2) is 0 Å². The van der Waals surface area contributed by atoms with Crippen LogP contribution in [0.3, 0.4) is 0 Å². The lowest BCUT2D eigenvalue weighted by molar-refractivity contribution is -0.132. The Labute approximate surface area is 131 Å². The highest BCUT2D eigenvalue weighted by atomic mass is 16.5. The van der Waals surface area contributed by atoms with Crippen LogP contribution in [-0.2, 0) is 9.59 Å². The van der Waals surface area contributed by atoms with Crippen LogP contribution in [0.15, 0.2) is 24.3 Å². The maximum Gasteiger partial charge on any atom is 0.308 e. The molecule has 0 unspecified atom stereocenters. The number of amides is 1. The highest BCUT2D eigenvalue weighted by Gasteiger charge is 2.18. The van der Waals surface area contributed by atoms with E-state index in [2.05, 4.69) is 19.9 Å². The molecular weight excluding hydrogens is 278 g/mol. The molecule has 4 heteroatoms. The number of rotatable bonds is 3. The van der Waals surface area contributed by atoms with Crippen LogP contribution in [0.1, 0.15) is 51.2 Å². The van der Waals surface area contributed by atoms with E-state index in [1.165, 1.54) is 6.92 Å². The summed E-state index contributed by atoms with van der Waals surface area (Å²) in [7, 11) is 0. The highest BCUT2D eigenvalue weighted by molar-refractivity contribution is 5.79. The van der Waals surface area contributed by atoms with Crippen LogP contribution < -0.4 is 4.74 Å². The Morgan fingerprint density at radius 3 is 2.45 bits per heavy atom. The second-order valence-electron chi connectivity index (χ2n) is 5.95. The number of hydrogen-bond donors (Lipinski definition) is 0. The second kappa shape index (κ2) is 6.77. The average Bonchev–Trinajstić information content (AvgIpc) is 2.46. The van der Waals surface area contributed by atoms with Gasteiger partial charge >= 0.3 is 5.97 Å². The van der Waals surface area contributed by atoms with Crippen LogP contribution >= 0.6 is 0 Å². The molecule has 0 spiro atoms. The minimum absolute atomic E-state index is 0.0886. The van der Waals surface area contributed by atoms with Gasteiger partial charge in [0.05, 0.1) is 0 Å². The molecule has 2 rings (SSSR count). The summed E-state index contributed by atoms with van der Waals surface area (Å²) >= 11 is 0. The first kappa shape index (κ1) is 16.3. The normalized spacial score (nSPS) is 14.8. The van der Waals surface area contributed by atoms with Gasteiger partial charge in [0.15, 0.2) is 0 Å². The molecule has 1 aliphatic rings. The molecular formula is C18H23NO3. The first-order chi connectivity index (χ1) is 10.4. The summed E-state index contributed by atoms with van der Waals surface area (Å²) in [4.78, 5) is 24.6. The van der Waals surface area contributed by atoms with E-state index in [1.807, 2.05) is 18.2 Å². The molecule has 0 atom stereocenters. The van der Waals surface area contributed by atoms with E-state index in [4.69, 9.17) is 4.74 Å². The van der Waals surface area contributed by atoms with Crippen LogP contribution in [0, 0.1) is 0 Å². The number of benzene rings is 1. The largest absolute Gasteiger partial charge is 0.426 e. The molecule has 1 aromatic rings. The lowest BCUT2D eigenvalue weighted by Gasteiger charge is -2.26. The van der Waals surface area contributed by atoms with E-state index < -0.39 is 0 Å². The summed E-state index contributed by atoms with van der Waals surface area (Å²) in [6, 6.07) is 6.04. The van der Waals surface area contributed by atoms with Gasteiger partial charge in [-0.2, -0.15) is 0 Å². The van der Waals surface area contributed by atoms with Gasteiger partial charge in [-0.1, -0.05) is 32.1 Å². The molecule has 0 aliphatic carbocycles. The Morgan fingerprint density at radius 2 is 1.95 bits per heavy atom. The third-order valence-electron chi connectivity index (χ3n) is 3.93. The Balaban J connectivity index is 2.34. The molecule has 1 aromatic carbocycles. The fourth-order valence-electron chi connectivity index (χ4n) is 2.60. The van der Waals surface area contributed by atoms with E-state index in [0.717, 1.165) is 23.1 Å². The molecule has 0 saturated heterocycles. The third kappa shape index (κ3) is 3.75. The van der Waals surface area contributed by atoms with Gasteiger partial charge in [-0.3, -0.25) is 9.59 Å². The zero-order chi connectivity index (χ0) is 16.3. The first-order valence-corrected chi connectivity index (χ1v) is 7.65. The summed E-state index contributed by atoms with van der Waals surface area (Å²) in [5.41, 5.74) is 3.22. The maximum absolute atomic E-state index is 11.4. The van der Waals surface area contributed by atoms with E-state index in [1.54, 1.807) is 11.8 Å². The Hall–Kier alpha value is -2.10. The molecule has 0 saturated carbocycles. The van der Waals surface area contributed by atoms with Crippen molar-refractivity contribution in [1.82, 2.24) is 4.90 Å². The zero-order valence-electron chi connectivity index (χ0n) is 13.7. The van der Waals surface area contributed by atoms with Gasteiger partial charge in [0.25, 0.3) is 0 Å². The van der Waals surface area contributed by atoms with Crippen molar-refractivity contribution >= 4 is 17.4 Å². The summed E-state index contributed by atoms with van der Waals surface area (Å²) in [6.45, 7) is 8.52. The van der Waals surface area contributed by atoms with Crippen molar-refractivity contribution in [2.24, 2.45) is 0 Å². The monoisotopic (exact) mass is 301 g/mol. The van der Waals surface area contributed by atoms with Crippen LogP contribution in [0.5, 0.6) is 5.75 Å². The van der Waals surface area contributed by atoms with Crippen LogP contribution in [0.4, 0.5) is 0 Å².